The Morgan fingerprint density at radius 2 is 2.28 bits per heavy atom. The molecule has 0 radical (unpaired) electrons. The number of anilines is 1. The van der Waals surface area contributed by atoms with E-state index in [1.54, 1.807) is 29.3 Å². The lowest BCUT2D eigenvalue weighted by Crippen LogP contribution is -2.04. The van der Waals surface area contributed by atoms with Gasteiger partial charge in [-0.15, -0.1) is 11.3 Å². The zero-order valence-corrected chi connectivity index (χ0v) is 13.3. The second-order valence-corrected chi connectivity index (χ2v) is 6.58. The molecule has 2 aromatic heterocycles. The minimum atomic E-state index is 0.663. The lowest BCUT2D eigenvalue weighted by atomic mass is 10.5. The van der Waals surface area contributed by atoms with Gasteiger partial charge in [-0.05, 0) is 41.0 Å². The van der Waals surface area contributed by atoms with E-state index in [1.165, 1.54) is 0 Å². The van der Waals surface area contributed by atoms with Crippen LogP contribution in [0.1, 0.15) is 19.0 Å². The fourth-order valence-electron chi connectivity index (χ4n) is 1.21. The summed E-state index contributed by atoms with van der Waals surface area (Å²) >= 11 is 6.65. The van der Waals surface area contributed by atoms with Crippen molar-refractivity contribution >= 4 is 45.0 Å². The molecule has 0 unspecified atom stereocenters. The third-order valence-corrected chi connectivity index (χ3v) is 4.93. The predicted octanol–water partition coefficient (Wildman–Crippen LogP) is 3.98. The van der Waals surface area contributed by atoms with Crippen molar-refractivity contribution in [3.8, 4) is 0 Å². The van der Waals surface area contributed by atoms with Gasteiger partial charge < -0.3 is 5.32 Å². The second-order valence-electron chi connectivity index (χ2n) is 3.63. The molecule has 0 aliphatic carbocycles. The van der Waals surface area contributed by atoms with Crippen molar-refractivity contribution in [3.63, 3.8) is 0 Å². The van der Waals surface area contributed by atoms with E-state index in [2.05, 4.69) is 43.1 Å². The Hall–Kier alpha value is -0.660. The molecule has 18 heavy (non-hydrogen) atoms. The van der Waals surface area contributed by atoms with E-state index in [4.69, 9.17) is 0 Å². The first-order valence-corrected chi connectivity index (χ1v) is 8.04. The normalized spacial score (nSPS) is 10.6. The maximum atomic E-state index is 4.47. The van der Waals surface area contributed by atoms with Crippen LogP contribution in [0.3, 0.4) is 0 Å². The summed E-state index contributed by atoms with van der Waals surface area (Å²) in [6.45, 7) is 4.98. The van der Waals surface area contributed by atoms with Gasteiger partial charge in [0.1, 0.15) is 5.03 Å². The number of aryl methyl sites for hydroxylation is 1. The van der Waals surface area contributed by atoms with Crippen LogP contribution in [0.4, 0.5) is 5.95 Å². The van der Waals surface area contributed by atoms with Gasteiger partial charge in [-0.1, -0.05) is 6.92 Å². The van der Waals surface area contributed by atoms with Gasteiger partial charge in [-0.3, -0.25) is 0 Å². The Bertz CT molecular complexity index is 530. The fraction of sp³-hybridized carbons (Fsp3) is 0.364. The highest BCUT2D eigenvalue weighted by Gasteiger charge is 2.09. The first-order chi connectivity index (χ1) is 8.69. The summed E-state index contributed by atoms with van der Waals surface area (Å²) in [6.07, 6.45) is 2.82. The van der Waals surface area contributed by atoms with Crippen molar-refractivity contribution in [2.45, 2.75) is 29.6 Å². The molecule has 0 fully saturated rings. The molecule has 2 heterocycles. The highest BCUT2D eigenvalue weighted by molar-refractivity contribution is 9.10. The molecule has 0 spiro atoms. The van der Waals surface area contributed by atoms with E-state index < -0.39 is 0 Å². The van der Waals surface area contributed by atoms with E-state index in [1.807, 2.05) is 12.3 Å². The van der Waals surface area contributed by atoms with Gasteiger partial charge in [0.25, 0.3) is 0 Å². The van der Waals surface area contributed by atoms with Crippen LogP contribution in [-0.2, 0) is 0 Å². The molecule has 0 aliphatic rings. The molecule has 7 heteroatoms. The maximum Gasteiger partial charge on any atom is 0.223 e. The van der Waals surface area contributed by atoms with E-state index in [0.29, 0.717) is 5.95 Å². The van der Waals surface area contributed by atoms with Gasteiger partial charge >= 0.3 is 0 Å². The predicted molar refractivity (Wildman–Crippen MR) is 79.5 cm³/mol. The van der Waals surface area contributed by atoms with Crippen LogP contribution in [0.15, 0.2) is 25.4 Å². The number of aromatic nitrogens is 3. The minimum Gasteiger partial charge on any atom is -0.354 e. The zero-order chi connectivity index (χ0) is 13.0. The molecule has 0 saturated heterocycles. The molecule has 0 aliphatic heterocycles. The van der Waals surface area contributed by atoms with E-state index in [-0.39, 0.29) is 0 Å². The van der Waals surface area contributed by atoms with Crippen molar-refractivity contribution in [3.05, 3.63) is 21.7 Å². The van der Waals surface area contributed by atoms with Gasteiger partial charge in [0.2, 0.25) is 5.95 Å². The standard InChI is InChI=1S/C11H13BrN4S2/c1-3-4-13-10-14-5-8(12)9(16-10)18-11-15-7(2)6-17-11/h5-6H,3-4H2,1-2H3,(H,13,14,16). The smallest absolute Gasteiger partial charge is 0.223 e. The molecule has 0 saturated carbocycles. The number of hydrogen-bond acceptors (Lipinski definition) is 6. The van der Waals surface area contributed by atoms with Crippen LogP contribution < -0.4 is 5.32 Å². The third-order valence-electron chi connectivity index (χ3n) is 2.03. The molecule has 0 bridgehead atoms. The Kier molecular flexibility index (Phi) is 4.96. The van der Waals surface area contributed by atoms with Crippen LogP contribution in [0.5, 0.6) is 0 Å². The SMILES string of the molecule is CCCNc1ncc(Br)c(Sc2nc(C)cs2)n1. The van der Waals surface area contributed by atoms with Gasteiger partial charge in [-0.25, -0.2) is 15.0 Å². The molecule has 0 aromatic carbocycles. The van der Waals surface area contributed by atoms with Crippen LogP contribution in [0, 0.1) is 6.92 Å². The number of nitrogens with one attached hydrogen (secondary N) is 1. The van der Waals surface area contributed by atoms with Gasteiger partial charge in [0.05, 0.1) is 4.47 Å². The molecular formula is C11H13BrN4S2. The highest BCUT2D eigenvalue weighted by Crippen LogP contribution is 2.33. The average Bonchev–Trinajstić information content (AvgIpc) is 2.76. The fourth-order valence-corrected chi connectivity index (χ4v) is 3.37. The Morgan fingerprint density at radius 3 is 2.94 bits per heavy atom. The summed E-state index contributed by atoms with van der Waals surface area (Å²) in [5, 5.41) is 6.10. The summed E-state index contributed by atoms with van der Waals surface area (Å²) < 4.78 is 1.88. The van der Waals surface area contributed by atoms with E-state index in [9.17, 15) is 0 Å². The van der Waals surface area contributed by atoms with E-state index >= 15 is 0 Å². The van der Waals surface area contributed by atoms with Crippen LogP contribution >= 0.6 is 39.0 Å². The molecule has 96 valence electrons. The molecular weight excluding hydrogens is 332 g/mol. The summed E-state index contributed by atoms with van der Waals surface area (Å²) in [4.78, 5) is 13.1. The lowest BCUT2D eigenvalue weighted by Gasteiger charge is -2.05. The third kappa shape index (κ3) is 3.66. The monoisotopic (exact) mass is 344 g/mol. The number of rotatable bonds is 5. The number of hydrogen-bond donors (Lipinski definition) is 1. The van der Waals surface area contributed by atoms with Crippen molar-refractivity contribution in [2.24, 2.45) is 0 Å². The van der Waals surface area contributed by atoms with Crippen molar-refractivity contribution < 1.29 is 0 Å². The van der Waals surface area contributed by atoms with Crippen molar-refractivity contribution in [2.75, 3.05) is 11.9 Å². The molecule has 2 aromatic rings. The van der Waals surface area contributed by atoms with Crippen LogP contribution in [0.25, 0.3) is 0 Å². The van der Waals surface area contributed by atoms with Crippen LogP contribution in [-0.4, -0.2) is 21.5 Å². The Balaban J connectivity index is 2.15. The van der Waals surface area contributed by atoms with Gasteiger partial charge in [-0.2, -0.15) is 0 Å². The number of halogens is 1. The van der Waals surface area contributed by atoms with Crippen molar-refractivity contribution in [1.82, 2.24) is 15.0 Å². The topological polar surface area (TPSA) is 50.7 Å². The summed E-state index contributed by atoms with van der Waals surface area (Å²) in [7, 11) is 0. The quantitative estimate of drug-likeness (QED) is 0.831. The minimum absolute atomic E-state index is 0.663. The average molecular weight is 345 g/mol. The van der Waals surface area contributed by atoms with Crippen LogP contribution in [0.2, 0.25) is 0 Å². The maximum absolute atomic E-state index is 4.47. The molecule has 0 amide bonds. The van der Waals surface area contributed by atoms with Gasteiger partial charge in [0, 0.05) is 23.8 Å². The Labute approximate surface area is 123 Å². The summed E-state index contributed by atoms with van der Waals surface area (Å²) in [5.41, 5.74) is 1.04. The second kappa shape index (κ2) is 6.49. The van der Waals surface area contributed by atoms with E-state index in [0.717, 1.165) is 32.5 Å². The summed E-state index contributed by atoms with van der Waals surface area (Å²) in [5.74, 6) is 0.663. The lowest BCUT2D eigenvalue weighted by molar-refractivity contribution is 0.930. The molecule has 1 N–H and O–H groups in total. The molecule has 4 nitrogen and oxygen atoms in total. The Morgan fingerprint density at radius 1 is 1.44 bits per heavy atom. The number of thiazole rings is 1. The summed E-state index contributed by atoms with van der Waals surface area (Å²) in [6, 6.07) is 0. The largest absolute Gasteiger partial charge is 0.354 e. The molecule has 2 rings (SSSR count). The first-order valence-electron chi connectivity index (χ1n) is 5.55. The number of nitrogens with zero attached hydrogens (tertiary/aromatic N) is 3. The van der Waals surface area contributed by atoms with Gasteiger partial charge in [0.15, 0.2) is 4.34 Å². The first kappa shape index (κ1) is 13.8. The highest BCUT2D eigenvalue weighted by atomic mass is 79.9. The molecule has 0 atom stereocenters. The zero-order valence-electron chi connectivity index (χ0n) is 10.1. The van der Waals surface area contributed by atoms with Crippen molar-refractivity contribution in [1.29, 1.82) is 0 Å².